The largest absolute Gasteiger partial charge is 0.327 e. The van der Waals surface area contributed by atoms with Gasteiger partial charge in [-0.1, -0.05) is 65.1 Å². The highest BCUT2D eigenvalue weighted by atomic mass is 32.2. The first kappa shape index (κ1) is 17.8. The smallest absolute Gasteiger partial charge is 0.324 e. The zero-order valence-electron chi connectivity index (χ0n) is 11.7. The van der Waals surface area contributed by atoms with Crippen LogP contribution < -0.4 is 0 Å². The molecule has 124 valence electrons. The third-order valence-corrected chi connectivity index (χ3v) is 6.15. The molecule has 0 aromatic heterocycles. The van der Waals surface area contributed by atoms with E-state index in [4.69, 9.17) is 0 Å². The van der Waals surface area contributed by atoms with Crippen molar-refractivity contribution >= 4 is 17.7 Å². The Morgan fingerprint density at radius 1 is 0.957 bits per heavy atom. The molecule has 0 aliphatic heterocycles. The monoisotopic (exact) mass is 360 g/mol. The van der Waals surface area contributed by atoms with Crippen LogP contribution in [0.15, 0.2) is 60.7 Å². The standard InChI is InChI=1S/C14H14FO6PS/c15-21-23(19,20)14(11-22(16,17)18,12-7-3-1-4-8-12)13-9-5-2-6-10-13/h1-10H,11H2,(H2,16,17,18). The van der Waals surface area contributed by atoms with Gasteiger partial charge in [0.25, 0.3) is 0 Å². The molecular formula is C14H14FO6PS. The van der Waals surface area contributed by atoms with Crippen molar-refractivity contribution in [3.05, 3.63) is 71.8 Å². The SMILES string of the molecule is O=P(O)(O)CC(c1ccccc1)(c1ccccc1)S(=O)(=O)OF. The summed E-state index contributed by atoms with van der Waals surface area (Å²) in [6.07, 6.45) is -1.15. The molecule has 0 saturated carbocycles. The van der Waals surface area contributed by atoms with Crippen molar-refractivity contribution in [2.75, 3.05) is 6.16 Å². The van der Waals surface area contributed by atoms with Crippen molar-refractivity contribution in [2.24, 2.45) is 0 Å². The van der Waals surface area contributed by atoms with Crippen molar-refractivity contribution in [1.29, 1.82) is 0 Å². The lowest BCUT2D eigenvalue weighted by molar-refractivity contribution is -0.000737. The van der Waals surface area contributed by atoms with Gasteiger partial charge in [-0.05, 0) is 15.7 Å². The van der Waals surface area contributed by atoms with E-state index in [0.29, 0.717) is 0 Å². The topological polar surface area (TPSA) is 101 Å². The highest BCUT2D eigenvalue weighted by Crippen LogP contribution is 2.50. The van der Waals surface area contributed by atoms with Crippen LogP contribution in [0.1, 0.15) is 11.1 Å². The summed E-state index contributed by atoms with van der Waals surface area (Å²) in [6.45, 7) is 0. The van der Waals surface area contributed by atoms with Gasteiger partial charge in [0, 0.05) is 0 Å². The van der Waals surface area contributed by atoms with Crippen LogP contribution in [0.3, 0.4) is 0 Å². The molecule has 0 spiro atoms. The molecule has 0 saturated heterocycles. The molecule has 0 aliphatic rings. The van der Waals surface area contributed by atoms with Crippen LogP contribution >= 0.6 is 7.60 Å². The summed E-state index contributed by atoms with van der Waals surface area (Å²) in [5.41, 5.74) is -0.0145. The van der Waals surface area contributed by atoms with E-state index in [-0.39, 0.29) is 11.1 Å². The Morgan fingerprint density at radius 3 is 1.65 bits per heavy atom. The summed E-state index contributed by atoms with van der Waals surface area (Å²) in [6, 6.07) is 14.5. The van der Waals surface area contributed by atoms with E-state index < -0.39 is 28.6 Å². The van der Waals surface area contributed by atoms with E-state index in [9.17, 15) is 27.3 Å². The molecule has 0 fully saturated rings. The van der Waals surface area contributed by atoms with Gasteiger partial charge in [-0.15, -0.1) is 0 Å². The quantitative estimate of drug-likeness (QED) is 0.767. The average molecular weight is 360 g/mol. The minimum absolute atomic E-state index is 0.00725. The Balaban J connectivity index is 2.88. The fourth-order valence-electron chi connectivity index (χ4n) is 2.48. The van der Waals surface area contributed by atoms with Gasteiger partial charge in [-0.25, -0.2) is 0 Å². The van der Waals surface area contributed by atoms with Gasteiger partial charge in [-0.2, -0.15) is 8.42 Å². The molecule has 2 rings (SSSR count). The molecule has 6 nitrogen and oxygen atoms in total. The molecule has 23 heavy (non-hydrogen) atoms. The van der Waals surface area contributed by atoms with Gasteiger partial charge in [0.2, 0.25) is 0 Å². The van der Waals surface area contributed by atoms with Crippen molar-refractivity contribution in [1.82, 2.24) is 0 Å². The number of benzene rings is 2. The highest BCUT2D eigenvalue weighted by molar-refractivity contribution is 7.88. The van der Waals surface area contributed by atoms with E-state index >= 15 is 0 Å². The Kier molecular flexibility index (Phi) is 5.03. The second-order valence-corrected chi connectivity index (χ2v) is 8.28. The summed E-state index contributed by atoms with van der Waals surface area (Å²) in [5, 5.41) is 0. The van der Waals surface area contributed by atoms with Gasteiger partial charge in [0.05, 0.1) is 6.16 Å². The molecule has 2 aromatic carbocycles. The summed E-state index contributed by atoms with van der Waals surface area (Å²) in [4.78, 5) is 18.8. The molecule has 0 atom stereocenters. The summed E-state index contributed by atoms with van der Waals surface area (Å²) in [5.74, 6) is 0. The van der Waals surface area contributed by atoms with E-state index in [1.165, 1.54) is 48.5 Å². The number of halogens is 1. The van der Waals surface area contributed by atoms with E-state index in [0.717, 1.165) is 0 Å². The van der Waals surface area contributed by atoms with Gasteiger partial charge >= 0.3 is 17.7 Å². The maximum absolute atomic E-state index is 12.9. The first-order chi connectivity index (χ1) is 10.7. The van der Waals surface area contributed by atoms with Crippen LogP contribution in [0, 0.1) is 0 Å². The Labute approximate surface area is 132 Å². The second kappa shape index (κ2) is 6.51. The maximum atomic E-state index is 12.9. The zero-order valence-corrected chi connectivity index (χ0v) is 13.5. The lowest BCUT2D eigenvalue weighted by atomic mass is 9.92. The van der Waals surface area contributed by atoms with E-state index in [2.05, 4.69) is 4.39 Å². The van der Waals surface area contributed by atoms with Crippen molar-refractivity contribution in [2.45, 2.75) is 4.75 Å². The van der Waals surface area contributed by atoms with Crippen LogP contribution in [-0.4, -0.2) is 24.4 Å². The molecular weight excluding hydrogens is 346 g/mol. The number of hydrogen-bond acceptors (Lipinski definition) is 4. The van der Waals surface area contributed by atoms with Crippen molar-refractivity contribution in [3.8, 4) is 0 Å². The Hall–Kier alpha value is -1.57. The van der Waals surface area contributed by atoms with E-state index in [1.54, 1.807) is 12.1 Å². The third kappa shape index (κ3) is 3.52. The average Bonchev–Trinajstić information content (AvgIpc) is 2.53. The first-order valence-electron chi connectivity index (χ1n) is 6.43. The second-order valence-electron chi connectivity index (χ2n) is 4.90. The maximum Gasteiger partial charge on any atom is 0.327 e. The van der Waals surface area contributed by atoms with Crippen molar-refractivity contribution < 1.29 is 31.7 Å². The Morgan fingerprint density at radius 2 is 1.35 bits per heavy atom. The molecule has 0 bridgehead atoms. The summed E-state index contributed by atoms with van der Waals surface area (Å²) < 4.78 is 50.0. The molecule has 9 heteroatoms. The molecule has 0 heterocycles. The van der Waals surface area contributed by atoms with Gasteiger partial charge < -0.3 is 9.79 Å². The normalized spacial score (nSPS) is 13.0. The predicted octanol–water partition coefficient (Wildman–Crippen LogP) is 2.34. The van der Waals surface area contributed by atoms with Gasteiger partial charge in [0.1, 0.15) is 0 Å². The molecule has 2 N–H and O–H groups in total. The van der Waals surface area contributed by atoms with Crippen LogP contribution in [0.25, 0.3) is 0 Å². The number of rotatable bonds is 6. The predicted molar refractivity (Wildman–Crippen MR) is 81.7 cm³/mol. The third-order valence-electron chi connectivity index (χ3n) is 3.42. The molecule has 2 aromatic rings. The first-order valence-corrected chi connectivity index (χ1v) is 9.64. The fraction of sp³-hybridized carbons (Fsp3) is 0.143. The summed E-state index contributed by atoms with van der Waals surface area (Å²) in [7, 11) is -9.87. The van der Waals surface area contributed by atoms with E-state index in [1.807, 2.05) is 0 Å². The van der Waals surface area contributed by atoms with Gasteiger partial charge in [-0.3, -0.25) is 4.57 Å². The molecule has 0 radical (unpaired) electrons. The summed E-state index contributed by atoms with van der Waals surface area (Å²) >= 11 is 0. The van der Waals surface area contributed by atoms with Crippen LogP contribution in [0.5, 0.6) is 0 Å². The van der Waals surface area contributed by atoms with Crippen molar-refractivity contribution in [3.63, 3.8) is 0 Å². The Bertz CT molecular complexity index is 764. The highest BCUT2D eigenvalue weighted by Gasteiger charge is 2.53. The molecule has 0 amide bonds. The van der Waals surface area contributed by atoms with Crippen LogP contribution in [0.2, 0.25) is 0 Å². The zero-order chi connectivity index (χ0) is 17.1. The minimum Gasteiger partial charge on any atom is -0.324 e. The van der Waals surface area contributed by atoms with Crippen LogP contribution in [-0.2, 0) is 23.8 Å². The molecule has 0 aliphatic carbocycles. The fourth-order valence-corrected chi connectivity index (χ4v) is 5.51. The number of hydrogen-bond donors (Lipinski definition) is 2. The van der Waals surface area contributed by atoms with Gasteiger partial charge in [0.15, 0.2) is 4.75 Å². The lowest BCUT2D eigenvalue weighted by Gasteiger charge is -2.32. The minimum atomic E-state index is -5.02. The molecule has 0 unspecified atom stereocenters. The van der Waals surface area contributed by atoms with Crippen LogP contribution in [0.4, 0.5) is 4.53 Å². The lowest BCUT2D eigenvalue weighted by Crippen LogP contribution is -2.41.